The summed E-state index contributed by atoms with van der Waals surface area (Å²) in [4.78, 5) is 0.434. The number of aromatic nitrogens is 1. The first-order valence-corrected chi connectivity index (χ1v) is 10.7. The average Bonchev–Trinajstić information content (AvgIpc) is 2.95. The highest BCUT2D eigenvalue weighted by Gasteiger charge is 2.17. The quantitative estimate of drug-likeness (QED) is 0.607. The zero-order valence-corrected chi connectivity index (χ0v) is 17.2. The number of benzene rings is 2. The zero-order valence-electron chi connectivity index (χ0n) is 14.1. The van der Waals surface area contributed by atoms with E-state index in [1.807, 2.05) is 6.92 Å². The molecule has 0 aliphatic carbocycles. The number of methoxy groups -OCH3 is 1. The Kier molecular flexibility index (Phi) is 5.74. The number of fused-ring (bicyclic) bond motifs is 1. The van der Waals surface area contributed by atoms with Crippen LogP contribution in [0.2, 0.25) is 10.0 Å². The van der Waals surface area contributed by atoms with Crippen LogP contribution in [-0.4, -0.2) is 26.7 Å². The van der Waals surface area contributed by atoms with Gasteiger partial charge in [0.2, 0.25) is 4.80 Å². The van der Waals surface area contributed by atoms with Crippen LogP contribution in [0, 0.1) is 6.92 Å². The fourth-order valence-electron chi connectivity index (χ4n) is 2.44. The molecule has 26 heavy (non-hydrogen) atoms. The van der Waals surface area contributed by atoms with Gasteiger partial charge < -0.3 is 9.30 Å². The van der Waals surface area contributed by atoms with Gasteiger partial charge in [0.1, 0.15) is 0 Å². The number of hydrogen-bond acceptors (Lipinski definition) is 4. The molecule has 0 aliphatic rings. The summed E-state index contributed by atoms with van der Waals surface area (Å²) in [6.07, 6.45) is 0. The first-order chi connectivity index (χ1) is 12.3. The van der Waals surface area contributed by atoms with Crippen molar-refractivity contribution in [1.29, 1.82) is 0 Å². The predicted molar refractivity (Wildman–Crippen MR) is 106 cm³/mol. The van der Waals surface area contributed by atoms with Crippen molar-refractivity contribution in [3.63, 3.8) is 0 Å². The summed E-state index contributed by atoms with van der Waals surface area (Å²) < 4.78 is 37.0. The first-order valence-electron chi connectivity index (χ1n) is 7.67. The molecule has 0 unspecified atom stereocenters. The summed E-state index contributed by atoms with van der Waals surface area (Å²) >= 11 is 13.8. The number of hydrogen-bond donors (Lipinski definition) is 0. The molecule has 0 amide bonds. The fraction of sp³-hybridized carbons (Fsp3) is 0.235. The number of nitrogens with zero attached hydrogens (tertiary/aromatic N) is 2. The third-order valence-electron chi connectivity index (χ3n) is 3.76. The Hall–Kier alpha value is -1.38. The van der Waals surface area contributed by atoms with Crippen LogP contribution in [0.25, 0.3) is 10.2 Å². The minimum absolute atomic E-state index is 0.135. The van der Waals surface area contributed by atoms with Crippen molar-refractivity contribution in [3.8, 4) is 0 Å². The van der Waals surface area contributed by atoms with Crippen molar-refractivity contribution < 1.29 is 13.2 Å². The van der Waals surface area contributed by atoms with Crippen LogP contribution in [-0.2, 0) is 21.3 Å². The van der Waals surface area contributed by atoms with Crippen LogP contribution in [0.5, 0.6) is 0 Å². The van der Waals surface area contributed by atoms with Gasteiger partial charge in [-0.25, -0.2) is 0 Å². The molecule has 0 saturated carbocycles. The van der Waals surface area contributed by atoms with E-state index in [2.05, 4.69) is 4.40 Å². The predicted octanol–water partition coefficient (Wildman–Crippen LogP) is 4.25. The van der Waals surface area contributed by atoms with E-state index in [9.17, 15) is 8.42 Å². The molecule has 0 bridgehead atoms. The largest absolute Gasteiger partial charge is 0.383 e. The maximum absolute atomic E-state index is 12.7. The van der Waals surface area contributed by atoms with Crippen molar-refractivity contribution in [2.45, 2.75) is 18.4 Å². The molecule has 0 saturated heterocycles. The molecule has 3 aromatic rings. The zero-order chi connectivity index (χ0) is 18.9. The Morgan fingerprint density at radius 3 is 2.42 bits per heavy atom. The highest BCUT2D eigenvalue weighted by atomic mass is 35.5. The molecule has 3 rings (SSSR count). The molecular formula is C17H16Cl2N2O3S2. The molecule has 2 aromatic carbocycles. The standard InChI is InChI=1S/C17H16Cl2N2O3S2/c1-11-3-5-12(6-4-11)26(22,23)20-17-21(9-10-24-2)15-13(18)7-8-14(19)16(15)25-17/h3-8H,9-10H2,1-2H3/b20-17-. The molecule has 5 nitrogen and oxygen atoms in total. The number of sulfonamides is 1. The van der Waals surface area contributed by atoms with E-state index >= 15 is 0 Å². The third-order valence-corrected chi connectivity index (χ3v) is 7.00. The van der Waals surface area contributed by atoms with Gasteiger partial charge in [0.15, 0.2) is 0 Å². The van der Waals surface area contributed by atoms with Crippen LogP contribution in [0.1, 0.15) is 5.56 Å². The molecule has 1 aromatic heterocycles. The van der Waals surface area contributed by atoms with Crippen LogP contribution in [0.4, 0.5) is 0 Å². The molecule has 0 N–H and O–H groups in total. The van der Waals surface area contributed by atoms with Crippen LogP contribution >= 0.6 is 34.5 Å². The van der Waals surface area contributed by atoms with Gasteiger partial charge in [-0.2, -0.15) is 8.42 Å². The third kappa shape index (κ3) is 3.82. The van der Waals surface area contributed by atoms with E-state index in [-0.39, 0.29) is 4.90 Å². The second-order valence-corrected chi connectivity index (χ2v) is 9.01. The van der Waals surface area contributed by atoms with Crippen molar-refractivity contribution in [2.75, 3.05) is 13.7 Å². The van der Waals surface area contributed by atoms with E-state index in [0.29, 0.717) is 38.2 Å². The molecular weight excluding hydrogens is 415 g/mol. The van der Waals surface area contributed by atoms with Gasteiger partial charge in [0.05, 0.1) is 31.8 Å². The lowest BCUT2D eigenvalue weighted by Gasteiger charge is -2.06. The van der Waals surface area contributed by atoms with Crippen molar-refractivity contribution in [1.82, 2.24) is 4.57 Å². The summed E-state index contributed by atoms with van der Waals surface area (Å²) in [6.45, 7) is 2.67. The Balaban J connectivity index is 2.26. The lowest BCUT2D eigenvalue weighted by Crippen LogP contribution is -2.19. The monoisotopic (exact) mass is 430 g/mol. The maximum Gasteiger partial charge on any atom is 0.285 e. The summed E-state index contributed by atoms with van der Waals surface area (Å²) in [7, 11) is -2.29. The number of rotatable bonds is 5. The Morgan fingerprint density at radius 2 is 1.77 bits per heavy atom. The van der Waals surface area contributed by atoms with Gasteiger partial charge in [0.25, 0.3) is 10.0 Å². The van der Waals surface area contributed by atoms with Gasteiger partial charge in [-0.1, -0.05) is 52.2 Å². The summed E-state index contributed by atoms with van der Waals surface area (Å²) in [5.41, 5.74) is 1.62. The lowest BCUT2D eigenvalue weighted by atomic mass is 10.2. The van der Waals surface area contributed by atoms with E-state index in [4.69, 9.17) is 27.9 Å². The molecule has 0 fully saturated rings. The van der Waals surface area contributed by atoms with E-state index in [0.717, 1.165) is 5.56 Å². The van der Waals surface area contributed by atoms with Gasteiger partial charge in [0, 0.05) is 13.7 Å². The summed E-state index contributed by atoms with van der Waals surface area (Å²) in [5.74, 6) is 0. The van der Waals surface area contributed by atoms with Crippen LogP contribution in [0.15, 0.2) is 45.7 Å². The van der Waals surface area contributed by atoms with Gasteiger partial charge in [-0.15, -0.1) is 4.40 Å². The Bertz CT molecular complexity index is 1120. The van der Waals surface area contributed by atoms with Crippen molar-refractivity contribution in [2.24, 2.45) is 4.40 Å². The highest BCUT2D eigenvalue weighted by molar-refractivity contribution is 7.90. The minimum Gasteiger partial charge on any atom is -0.383 e. The van der Waals surface area contributed by atoms with Gasteiger partial charge in [-0.3, -0.25) is 0 Å². The normalized spacial score (nSPS) is 12.8. The first kappa shape index (κ1) is 19.4. The van der Waals surface area contributed by atoms with Crippen LogP contribution in [0.3, 0.4) is 0 Å². The van der Waals surface area contributed by atoms with E-state index in [1.54, 1.807) is 48.1 Å². The smallest absolute Gasteiger partial charge is 0.285 e. The number of halogens is 2. The summed E-state index contributed by atoms with van der Waals surface area (Å²) in [5, 5.41) is 0.973. The molecule has 0 atom stereocenters. The van der Waals surface area contributed by atoms with Crippen molar-refractivity contribution in [3.05, 3.63) is 56.8 Å². The fourth-order valence-corrected chi connectivity index (χ4v) is 5.31. The summed E-state index contributed by atoms with van der Waals surface area (Å²) in [6, 6.07) is 9.92. The number of thiazole rings is 1. The number of aryl methyl sites for hydroxylation is 1. The lowest BCUT2D eigenvalue weighted by molar-refractivity contribution is 0.187. The minimum atomic E-state index is -3.86. The Labute approximate surface area is 165 Å². The SMILES string of the molecule is COCCn1/c(=N/S(=O)(=O)c2ccc(C)cc2)sc2c(Cl)ccc(Cl)c21. The highest BCUT2D eigenvalue weighted by Crippen LogP contribution is 2.32. The van der Waals surface area contributed by atoms with Gasteiger partial charge >= 0.3 is 0 Å². The molecule has 138 valence electrons. The molecule has 1 heterocycles. The molecule has 9 heteroatoms. The second kappa shape index (κ2) is 7.70. The second-order valence-electron chi connectivity index (χ2n) is 5.62. The topological polar surface area (TPSA) is 60.7 Å². The van der Waals surface area contributed by atoms with Crippen molar-refractivity contribution >= 4 is 54.8 Å². The number of ether oxygens (including phenoxy) is 1. The maximum atomic E-state index is 12.7. The molecule has 0 aliphatic heterocycles. The molecule has 0 spiro atoms. The Morgan fingerprint density at radius 1 is 1.12 bits per heavy atom. The van der Waals surface area contributed by atoms with Gasteiger partial charge in [-0.05, 0) is 31.2 Å². The van der Waals surface area contributed by atoms with E-state index < -0.39 is 10.0 Å². The molecule has 0 radical (unpaired) electrons. The average molecular weight is 431 g/mol. The van der Waals surface area contributed by atoms with Crippen LogP contribution < -0.4 is 4.80 Å². The van der Waals surface area contributed by atoms with E-state index in [1.165, 1.54) is 11.3 Å².